The van der Waals surface area contributed by atoms with Crippen LogP contribution < -0.4 is 10.0 Å². The fourth-order valence-corrected chi connectivity index (χ4v) is 2.47. The second kappa shape index (κ2) is 7.89. The number of para-hydroxylation sites is 1. The molecule has 0 aliphatic carbocycles. The largest absolute Gasteiger partial charge is 0.356 e. The first kappa shape index (κ1) is 17.2. The number of amides is 1. The summed E-state index contributed by atoms with van der Waals surface area (Å²) in [7, 11) is -3.25. The van der Waals surface area contributed by atoms with Gasteiger partial charge in [0.1, 0.15) is 0 Å². The van der Waals surface area contributed by atoms with E-state index in [4.69, 9.17) is 0 Å². The summed E-state index contributed by atoms with van der Waals surface area (Å²) in [6.45, 7) is 0.592. The van der Waals surface area contributed by atoms with Gasteiger partial charge in [-0.15, -0.1) is 0 Å². The summed E-state index contributed by atoms with van der Waals surface area (Å²) in [4.78, 5) is 11.6. The zero-order valence-electron chi connectivity index (χ0n) is 12.9. The standard InChI is InChI=1S/C15H20N4O3S/c1-23(21,22)18-10-8-15(20)16-9-7-13-11-17-19(12-13)14-5-3-2-4-6-14/h2-6,11-12,18H,7-10H2,1H3,(H,16,20). The lowest BCUT2D eigenvalue weighted by Gasteiger charge is -2.04. The maximum absolute atomic E-state index is 11.6. The van der Waals surface area contributed by atoms with Crippen molar-refractivity contribution >= 4 is 15.9 Å². The third-order valence-corrected chi connectivity index (χ3v) is 3.84. The average molecular weight is 336 g/mol. The van der Waals surface area contributed by atoms with Gasteiger partial charge in [-0.3, -0.25) is 4.79 Å². The molecule has 0 unspecified atom stereocenters. The number of rotatable bonds is 8. The Kier molecular flexibility index (Phi) is 5.89. The molecule has 1 amide bonds. The molecular formula is C15H20N4O3S. The average Bonchev–Trinajstić information content (AvgIpc) is 2.96. The summed E-state index contributed by atoms with van der Waals surface area (Å²) in [5.74, 6) is -0.184. The Morgan fingerprint density at radius 1 is 1.22 bits per heavy atom. The molecule has 0 aliphatic heterocycles. The Morgan fingerprint density at radius 2 is 1.96 bits per heavy atom. The molecule has 7 nitrogen and oxygen atoms in total. The van der Waals surface area contributed by atoms with Crippen LogP contribution in [0.2, 0.25) is 0 Å². The summed E-state index contributed by atoms with van der Waals surface area (Å²) < 4.78 is 25.8. The van der Waals surface area contributed by atoms with Gasteiger partial charge in [0.05, 0.1) is 18.1 Å². The molecule has 0 bridgehead atoms. The van der Waals surface area contributed by atoms with Crippen molar-refractivity contribution in [3.63, 3.8) is 0 Å². The third kappa shape index (κ3) is 6.21. The molecule has 0 fully saturated rings. The van der Waals surface area contributed by atoms with E-state index in [1.165, 1.54) is 0 Å². The van der Waals surface area contributed by atoms with E-state index in [-0.39, 0.29) is 18.9 Å². The Hall–Kier alpha value is -2.19. The van der Waals surface area contributed by atoms with Gasteiger partial charge in [0.15, 0.2) is 0 Å². The van der Waals surface area contributed by atoms with Crippen molar-refractivity contribution in [2.45, 2.75) is 12.8 Å². The first-order valence-electron chi connectivity index (χ1n) is 7.24. The van der Waals surface area contributed by atoms with Crippen LogP contribution in [0.1, 0.15) is 12.0 Å². The van der Waals surface area contributed by atoms with E-state index in [1.807, 2.05) is 36.5 Å². The van der Waals surface area contributed by atoms with Crippen molar-refractivity contribution in [2.75, 3.05) is 19.3 Å². The number of benzene rings is 1. The summed E-state index contributed by atoms with van der Waals surface area (Å²) in [5.41, 5.74) is 2.00. The Labute approximate surface area is 135 Å². The molecule has 8 heteroatoms. The molecule has 1 aromatic carbocycles. The third-order valence-electron chi connectivity index (χ3n) is 3.11. The Balaban J connectivity index is 1.72. The summed E-state index contributed by atoms with van der Waals surface area (Å²) in [5, 5.41) is 7.04. The fraction of sp³-hybridized carbons (Fsp3) is 0.333. The normalized spacial score (nSPS) is 11.3. The summed E-state index contributed by atoms with van der Waals surface area (Å²) >= 11 is 0. The predicted octanol–water partition coefficient (Wildman–Crippen LogP) is 0.470. The van der Waals surface area contributed by atoms with Gasteiger partial charge in [0.25, 0.3) is 0 Å². The topological polar surface area (TPSA) is 93.1 Å². The van der Waals surface area contributed by atoms with Crippen molar-refractivity contribution in [2.24, 2.45) is 0 Å². The smallest absolute Gasteiger partial charge is 0.221 e. The highest BCUT2D eigenvalue weighted by Gasteiger charge is 2.05. The van der Waals surface area contributed by atoms with E-state index in [2.05, 4.69) is 15.1 Å². The van der Waals surface area contributed by atoms with Crippen molar-refractivity contribution in [1.29, 1.82) is 0 Å². The van der Waals surface area contributed by atoms with Gasteiger partial charge in [-0.25, -0.2) is 17.8 Å². The van der Waals surface area contributed by atoms with Crippen LogP contribution in [-0.2, 0) is 21.2 Å². The molecule has 2 rings (SSSR count). The molecular weight excluding hydrogens is 316 g/mol. The molecule has 0 saturated carbocycles. The molecule has 2 N–H and O–H groups in total. The second-order valence-corrected chi connectivity index (χ2v) is 6.98. The number of carbonyl (C=O) groups is 1. The molecule has 2 aromatic rings. The van der Waals surface area contributed by atoms with Gasteiger partial charge in [0.2, 0.25) is 15.9 Å². The first-order valence-corrected chi connectivity index (χ1v) is 9.13. The highest BCUT2D eigenvalue weighted by Crippen LogP contribution is 2.07. The fourth-order valence-electron chi connectivity index (χ4n) is 2.00. The minimum atomic E-state index is -3.25. The number of hydrogen-bond acceptors (Lipinski definition) is 4. The zero-order chi connectivity index (χ0) is 16.7. The number of nitrogens with one attached hydrogen (secondary N) is 2. The monoisotopic (exact) mass is 336 g/mol. The molecule has 0 atom stereocenters. The van der Waals surface area contributed by atoms with Crippen LogP contribution >= 0.6 is 0 Å². The summed E-state index contributed by atoms with van der Waals surface area (Å²) in [6.07, 6.45) is 5.54. The number of sulfonamides is 1. The van der Waals surface area contributed by atoms with Crippen molar-refractivity contribution < 1.29 is 13.2 Å². The SMILES string of the molecule is CS(=O)(=O)NCCC(=O)NCCc1cnn(-c2ccccc2)c1. The van der Waals surface area contributed by atoms with E-state index in [9.17, 15) is 13.2 Å². The van der Waals surface area contributed by atoms with Gasteiger partial charge >= 0.3 is 0 Å². The van der Waals surface area contributed by atoms with Crippen LogP contribution in [0.15, 0.2) is 42.7 Å². The zero-order valence-corrected chi connectivity index (χ0v) is 13.7. The summed E-state index contributed by atoms with van der Waals surface area (Å²) in [6, 6.07) is 9.77. The number of carbonyl (C=O) groups excluding carboxylic acids is 1. The Morgan fingerprint density at radius 3 is 2.65 bits per heavy atom. The maximum Gasteiger partial charge on any atom is 0.221 e. The first-order chi connectivity index (χ1) is 10.9. The van der Waals surface area contributed by atoms with Crippen molar-refractivity contribution in [3.05, 3.63) is 48.3 Å². The van der Waals surface area contributed by atoms with E-state index in [1.54, 1.807) is 10.9 Å². The molecule has 0 aliphatic rings. The van der Waals surface area contributed by atoms with E-state index < -0.39 is 10.0 Å². The molecule has 0 saturated heterocycles. The molecule has 1 aromatic heterocycles. The van der Waals surface area contributed by atoms with Gasteiger partial charge in [0, 0.05) is 25.7 Å². The Bertz CT molecular complexity index is 741. The minimum absolute atomic E-state index is 0.108. The molecule has 0 spiro atoms. The highest BCUT2D eigenvalue weighted by atomic mass is 32.2. The van der Waals surface area contributed by atoms with Crippen LogP contribution in [-0.4, -0.2) is 43.5 Å². The molecule has 0 radical (unpaired) electrons. The lowest BCUT2D eigenvalue weighted by Crippen LogP contribution is -2.31. The van der Waals surface area contributed by atoms with Crippen LogP contribution in [0.5, 0.6) is 0 Å². The van der Waals surface area contributed by atoms with Gasteiger partial charge in [-0.1, -0.05) is 18.2 Å². The van der Waals surface area contributed by atoms with Crippen molar-refractivity contribution in [3.8, 4) is 5.69 Å². The lowest BCUT2D eigenvalue weighted by atomic mass is 10.2. The molecule has 1 heterocycles. The quantitative estimate of drug-likeness (QED) is 0.733. The molecule has 23 heavy (non-hydrogen) atoms. The van der Waals surface area contributed by atoms with Crippen LogP contribution in [0, 0.1) is 0 Å². The van der Waals surface area contributed by atoms with E-state index in [0.717, 1.165) is 17.5 Å². The maximum atomic E-state index is 11.6. The highest BCUT2D eigenvalue weighted by molar-refractivity contribution is 7.88. The van der Waals surface area contributed by atoms with Crippen LogP contribution in [0.3, 0.4) is 0 Å². The number of nitrogens with zero attached hydrogens (tertiary/aromatic N) is 2. The number of hydrogen-bond donors (Lipinski definition) is 2. The van der Waals surface area contributed by atoms with Gasteiger partial charge in [-0.05, 0) is 24.1 Å². The minimum Gasteiger partial charge on any atom is -0.356 e. The van der Waals surface area contributed by atoms with E-state index >= 15 is 0 Å². The van der Waals surface area contributed by atoms with Crippen LogP contribution in [0.4, 0.5) is 0 Å². The van der Waals surface area contributed by atoms with E-state index in [0.29, 0.717) is 13.0 Å². The number of aromatic nitrogens is 2. The lowest BCUT2D eigenvalue weighted by molar-refractivity contribution is -0.120. The van der Waals surface area contributed by atoms with Gasteiger partial charge in [-0.2, -0.15) is 5.10 Å². The second-order valence-electron chi connectivity index (χ2n) is 5.15. The molecule has 124 valence electrons. The predicted molar refractivity (Wildman–Crippen MR) is 87.7 cm³/mol. The van der Waals surface area contributed by atoms with Gasteiger partial charge < -0.3 is 5.32 Å². The van der Waals surface area contributed by atoms with Crippen LogP contribution in [0.25, 0.3) is 5.69 Å². The van der Waals surface area contributed by atoms with Crippen molar-refractivity contribution in [1.82, 2.24) is 19.8 Å².